The Balaban J connectivity index is 1.85. The largest absolute Gasteiger partial charge is 0.478 e. The van der Waals surface area contributed by atoms with E-state index in [2.05, 4.69) is 5.32 Å². The van der Waals surface area contributed by atoms with Gasteiger partial charge in [0.1, 0.15) is 11.3 Å². The van der Waals surface area contributed by atoms with Gasteiger partial charge in [0.25, 0.3) is 0 Å². The lowest BCUT2D eigenvalue weighted by Crippen LogP contribution is -2.12. The van der Waals surface area contributed by atoms with Gasteiger partial charge in [0.05, 0.1) is 17.0 Å². The first kappa shape index (κ1) is 19.5. The summed E-state index contributed by atoms with van der Waals surface area (Å²) in [4.78, 5) is 24.4. The molecule has 0 saturated carbocycles. The predicted octanol–water partition coefficient (Wildman–Crippen LogP) is 5.64. The van der Waals surface area contributed by atoms with Crippen LogP contribution in [-0.2, 0) is 0 Å². The number of carbonyl (C=O) groups is 1. The fraction of sp³-hybridized carbons (Fsp3) is 0.120. The van der Waals surface area contributed by atoms with E-state index in [1.807, 2.05) is 56.3 Å². The molecular formula is C25H21NO4. The Morgan fingerprint density at radius 1 is 1.00 bits per heavy atom. The molecule has 0 aliphatic carbocycles. The van der Waals surface area contributed by atoms with Crippen LogP contribution in [-0.4, -0.2) is 11.1 Å². The van der Waals surface area contributed by atoms with E-state index in [9.17, 15) is 14.7 Å². The van der Waals surface area contributed by atoms with Gasteiger partial charge in [0, 0.05) is 22.9 Å². The third-order valence-electron chi connectivity index (χ3n) is 5.06. The van der Waals surface area contributed by atoms with E-state index >= 15 is 0 Å². The van der Waals surface area contributed by atoms with E-state index in [4.69, 9.17) is 4.42 Å². The van der Waals surface area contributed by atoms with Gasteiger partial charge in [-0.25, -0.2) is 4.79 Å². The summed E-state index contributed by atoms with van der Waals surface area (Å²) >= 11 is 0. The number of hydrogen-bond acceptors (Lipinski definition) is 4. The highest BCUT2D eigenvalue weighted by Gasteiger charge is 2.18. The summed E-state index contributed by atoms with van der Waals surface area (Å²) in [5, 5.41) is 13.2. The van der Waals surface area contributed by atoms with Gasteiger partial charge in [-0.2, -0.15) is 0 Å². The minimum absolute atomic E-state index is 0.113. The fourth-order valence-electron chi connectivity index (χ4n) is 3.61. The van der Waals surface area contributed by atoms with Crippen LogP contribution in [0.1, 0.15) is 34.5 Å². The topological polar surface area (TPSA) is 79.5 Å². The molecule has 2 N–H and O–H groups in total. The SMILES string of the molecule is Cc1cc([C@@H](C)Nc2ccccc2C(=O)O)c2oc(-c3ccccc3)cc(=O)c2c1. The maximum Gasteiger partial charge on any atom is 0.337 e. The second-order valence-corrected chi connectivity index (χ2v) is 7.29. The lowest BCUT2D eigenvalue weighted by atomic mass is 10.00. The summed E-state index contributed by atoms with van der Waals surface area (Å²) in [6, 6.07) is 21.2. The van der Waals surface area contributed by atoms with Crippen LogP contribution in [0.3, 0.4) is 0 Å². The molecule has 1 heterocycles. The summed E-state index contributed by atoms with van der Waals surface area (Å²) in [5.41, 5.74) is 3.62. The van der Waals surface area contributed by atoms with E-state index in [0.29, 0.717) is 22.4 Å². The van der Waals surface area contributed by atoms with E-state index in [-0.39, 0.29) is 17.0 Å². The monoisotopic (exact) mass is 399 g/mol. The number of nitrogens with one attached hydrogen (secondary N) is 1. The molecule has 3 aromatic carbocycles. The zero-order valence-electron chi connectivity index (χ0n) is 16.7. The van der Waals surface area contributed by atoms with Crippen molar-refractivity contribution in [2.45, 2.75) is 19.9 Å². The van der Waals surface area contributed by atoms with Crippen molar-refractivity contribution in [3.8, 4) is 11.3 Å². The van der Waals surface area contributed by atoms with Gasteiger partial charge in [-0.3, -0.25) is 4.79 Å². The van der Waals surface area contributed by atoms with Crippen LogP contribution >= 0.6 is 0 Å². The van der Waals surface area contributed by atoms with Crippen LogP contribution in [0.4, 0.5) is 5.69 Å². The van der Waals surface area contributed by atoms with Crippen LogP contribution in [0.15, 0.2) is 82.0 Å². The number of carboxylic acid groups (broad SMARTS) is 1. The molecule has 4 aromatic rings. The van der Waals surface area contributed by atoms with Crippen LogP contribution < -0.4 is 10.7 Å². The van der Waals surface area contributed by atoms with Crippen LogP contribution in [0.5, 0.6) is 0 Å². The minimum Gasteiger partial charge on any atom is -0.478 e. The molecule has 4 rings (SSSR count). The molecule has 0 radical (unpaired) electrons. The van der Waals surface area contributed by atoms with Gasteiger partial charge in [-0.05, 0) is 37.6 Å². The molecule has 0 fully saturated rings. The zero-order chi connectivity index (χ0) is 21.3. The Morgan fingerprint density at radius 2 is 1.70 bits per heavy atom. The Labute approximate surface area is 173 Å². The third-order valence-corrected chi connectivity index (χ3v) is 5.06. The third kappa shape index (κ3) is 3.70. The molecule has 30 heavy (non-hydrogen) atoms. The van der Waals surface area contributed by atoms with Gasteiger partial charge in [-0.1, -0.05) is 48.5 Å². The van der Waals surface area contributed by atoms with Crippen molar-refractivity contribution in [3.63, 3.8) is 0 Å². The zero-order valence-corrected chi connectivity index (χ0v) is 16.7. The van der Waals surface area contributed by atoms with Crippen molar-refractivity contribution < 1.29 is 14.3 Å². The molecule has 0 aliphatic rings. The van der Waals surface area contributed by atoms with Crippen LogP contribution in [0, 0.1) is 6.92 Å². The van der Waals surface area contributed by atoms with E-state index in [1.54, 1.807) is 24.3 Å². The van der Waals surface area contributed by atoms with E-state index < -0.39 is 5.97 Å². The molecule has 0 bridgehead atoms. The van der Waals surface area contributed by atoms with Crippen molar-refractivity contribution in [2.24, 2.45) is 0 Å². The number of aryl methyl sites for hydroxylation is 1. The normalized spacial score (nSPS) is 11.9. The summed E-state index contributed by atoms with van der Waals surface area (Å²) in [5.74, 6) is -0.506. The number of anilines is 1. The molecule has 1 aromatic heterocycles. The minimum atomic E-state index is -1.00. The Morgan fingerprint density at radius 3 is 2.43 bits per heavy atom. The standard InChI is InChI=1S/C25H21NO4/c1-15-12-19(16(2)26-21-11-7-6-10-18(21)25(28)29)24-20(13-15)22(27)14-23(30-24)17-8-4-3-5-9-17/h3-14,16,26H,1-2H3,(H,28,29)/t16-/m1/s1. The van der Waals surface area contributed by atoms with E-state index in [0.717, 1.165) is 16.7 Å². The lowest BCUT2D eigenvalue weighted by molar-refractivity contribution is 0.0698. The highest BCUT2D eigenvalue weighted by atomic mass is 16.4. The molecule has 0 saturated heterocycles. The first-order chi connectivity index (χ1) is 14.4. The number of hydrogen-bond donors (Lipinski definition) is 2. The molecule has 1 atom stereocenters. The van der Waals surface area contributed by atoms with Gasteiger partial charge in [-0.15, -0.1) is 0 Å². The number of aromatic carboxylic acids is 1. The maximum atomic E-state index is 12.8. The lowest BCUT2D eigenvalue weighted by Gasteiger charge is -2.19. The Bertz CT molecular complexity index is 1290. The van der Waals surface area contributed by atoms with Crippen molar-refractivity contribution in [2.75, 3.05) is 5.32 Å². The maximum absolute atomic E-state index is 12.8. The molecule has 0 spiro atoms. The summed E-state index contributed by atoms with van der Waals surface area (Å²) in [6.45, 7) is 3.84. The molecule has 0 aliphatic heterocycles. The smallest absolute Gasteiger partial charge is 0.337 e. The molecule has 150 valence electrons. The first-order valence-corrected chi connectivity index (χ1v) is 9.66. The molecular weight excluding hydrogens is 378 g/mol. The number of benzene rings is 3. The highest BCUT2D eigenvalue weighted by molar-refractivity contribution is 5.94. The first-order valence-electron chi connectivity index (χ1n) is 9.66. The number of para-hydroxylation sites is 1. The van der Waals surface area contributed by atoms with Gasteiger partial charge in [0.2, 0.25) is 0 Å². The summed E-state index contributed by atoms with van der Waals surface area (Å²) in [7, 11) is 0. The second-order valence-electron chi connectivity index (χ2n) is 7.29. The average Bonchev–Trinajstić information content (AvgIpc) is 2.74. The van der Waals surface area contributed by atoms with Gasteiger partial charge < -0.3 is 14.8 Å². The van der Waals surface area contributed by atoms with Crippen molar-refractivity contribution in [1.29, 1.82) is 0 Å². The molecule has 5 nitrogen and oxygen atoms in total. The quantitative estimate of drug-likeness (QED) is 0.454. The number of fused-ring (bicyclic) bond motifs is 1. The van der Waals surface area contributed by atoms with Crippen LogP contribution in [0.2, 0.25) is 0 Å². The summed E-state index contributed by atoms with van der Waals surface area (Å²) in [6.07, 6.45) is 0. The predicted molar refractivity (Wildman–Crippen MR) is 118 cm³/mol. The number of carboxylic acids is 1. The van der Waals surface area contributed by atoms with Gasteiger partial charge in [0.15, 0.2) is 5.43 Å². The number of rotatable bonds is 5. The molecule has 5 heteroatoms. The average molecular weight is 399 g/mol. The molecule has 0 unspecified atom stereocenters. The van der Waals surface area contributed by atoms with Crippen molar-refractivity contribution in [3.05, 3.63) is 99.7 Å². The van der Waals surface area contributed by atoms with Crippen molar-refractivity contribution in [1.82, 2.24) is 0 Å². The van der Waals surface area contributed by atoms with E-state index in [1.165, 1.54) is 6.07 Å². The Kier molecular flexibility index (Phi) is 5.11. The van der Waals surface area contributed by atoms with Gasteiger partial charge >= 0.3 is 5.97 Å². The van der Waals surface area contributed by atoms with Crippen molar-refractivity contribution >= 4 is 22.6 Å². The van der Waals surface area contributed by atoms with Crippen LogP contribution in [0.25, 0.3) is 22.3 Å². The fourth-order valence-corrected chi connectivity index (χ4v) is 3.61. The Hall–Kier alpha value is -3.86. The molecule has 0 amide bonds. The highest BCUT2D eigenvalue weighted by Crippen LogP contribution is 2.31. The summed E-state index contributed by atoms with van der Waals surface area (Å²) < 4.78 is 6.20. The second kappa shape index (κ2) is 7.87.